The van der Waals surface area contributed by atoms with E-state index >= 15 is 0 Å². The van der Waals surface area contributed by atoms with Gasteiger partial charge in [0.15, 0.2) is 5.16 Å². The Kier molecular flexibility index (Phi) is 4.35. The van der Waals surface area contributed by atoms with Gasteiger partial charge in [-0.05, 0) is 32.4 Å². The van der Waals surface area contributed by atoms with Gasteiger partial charge in [-0.25, -0.2) is 9.97 Å². The molecule has 1 aromatic heterocycles. The minimum atomic E-state index is 0.518. The van der Waals surface area contributed by atoms with E-state index in [9.17, 15) is 0 Å². The van der Waals surface area contributed by atoms with Crippen LogP contribution >= 0.6 is 11.8 Å². The number of rotatable bonds is 4. The van der Waals surface area contributed by atoms with Gasteiger partial charge in [0.05, 0.1) is 0 Å². The van der Waals surface area contributed by atoms with Crippen LogP contribution < -0.4 is 5.73 Å². The molecular weight excluding hydrogens is 194 g/mol. The van der Waals surface area contributed by atoms with Crippen molar-refractivity contribution in [2.75, 3.05) is 12.3 Å². The fourth-order valence-electron chi connectivity index (χ4n) is 1.04. The van der Waals surface area contributed by atoms with Crippen molar-refractivity contribution in [3.63, 3.8) is 0 Å². The normalized spacial score (nSPS) is 12.9. The van der Waals surface area contributed by atoms with Crippen molar-refractivity contribution >= 4 is 11.8 Å². The first-order chi connectivity index (χ1) is 6.61. The van der Waals surface area contributed by atoms with Gasteiger partial charge >= 0.3 is 0 Å². The molecule has 3 nitrogen and oxygen atoms in total. The molecule has 1 unspecified atom stereocenters. The van der Waals surface area contributed by atoms with Gasteiger partial charge in [-0.15, -0.1) is 0 Å². The maximum Gasteiger partial charge on any atom is 0.187 e. The molecule has 1 rings (SSSR count). The lowest BCUT2D eigenvalue weighted by atomic mass is 10.2. The molecule has 0 spiro atoms. The van der Waals surface area contributed by atoms with E-state index in [4.69, 9.17) is 5.73 Å². The Labute approximate surface area is 89.5 Å². The Bertz CT molecular complexity index is 281. The molecule has 0 bridgehead atoms. The monoisotopic (exact) mass is 211 g/mol. The highest BCUT2D eigenvalue weighted by molar-refractivity contribution is 7.99. The molecule has 2 N–H and O–H groups in total. The molecule has 0 amide bonds. The summed E-state index contributed by atoms with van der Waals surface area (Å²) in [6.45, 7) is 6.84. The number of hydrogen-bond acceptors (Lipinski definition) is 4. The summed E-state index contributed by atoms with van der Waals surface area (Å²) in [5, 5.41) is 0.864. The van der Waals surface area contributed by atoms with Crippen LogP contribution in [0.1, 0.15) is 18.3 Å². The van der Waals surface area contributed by atoms with Gasteiger partial charge in [0.25, 0.3) is 0 Å². The fourth-order valence-corrected chi connectivity index (χ4v) is 2.03. The predicted molar refractivity (Wildman–Crippen MR) is 60.4 cm³/mol. The topological polar surface area (TPSA) is 51.8 Å². The number of thioether (sulfide) groups is 1. The number of hydrogen-bond donors (Lipinski definition) is 1. The van der Waals surface area contributed by atoms with Crippen molar-refractivity contribution in [2.45, 2.75) is 25.9 Å². The minimum absolute atomic E-state index is 0.518. The van der Waals surface area contributed by atoms with Crippen LogP contribution in [0.4, 0.5) is 0 Å². The van der Waals surface area contributed by atoms with Crippen molar-refractivity contribution in [3.05, 3.63) is 17.5 Å². The van der Waals surface area contributed by atoms with Gasteiger partial charge in [-0.1, -0.05) is 18.7 Å². The summed E-state index contributed by atoms with van der Waals surface area (Å²) in [5.74, 6) is 1.50. The molecule has 1 heterocycles. The summed E-state index contributed by atoms with van der Waals surface area (Å²) in [7, 11) is 0. The van der Waals surface area contributed by atoms with Crippen molar-refractivity contribution in [1.82, 2.24) is 9.97 Å². The number of nitrogens with zero attached hydrogens (tertiary/aromatic N) is 2. The number of aryl methyl sites for hydroxylation is 2. The van der Waals surface area contributed by atoms with Crippen LogP contribution in [0, 0.1) is 19.8 Å². The van der Waals surface area contributed by atoms with Crippen molar-refractivity contribution < 1.29 is 0 Å². The quantitative estimate of drug-likeness (QED) is 0.609. The molecule has 0 saturated heterocycles. The zero-order valence-electron chi connectivity index (χ0n) is 8.95. The van der Waals surface area contributed by atoms with Crippen LogP contribution in [0.25, 0.3) is 0 Å². The molecule has 0 aliphatic rings. The summed E-state index contributed by atoms with van der Waals surface area (Å²) in [6.07, 6.45) is 0. The molecular formula is C10H17N3S. The van der Waals surface area contributed by atoms with Gasteiger partial charge in [0, 0.05) is 17.1 Å². The largest absolute Gasteiger partial charge is 0.330 e. The third-order valence-corrected chi connectivity index (χ3v) is 3.04. The Morgan fingerprint density at radius 1 is 1.36 bits per heavy atom. The molecule has 0 saturated carbocycles. The van der Waals surface area contributed by atoms with E-state index in [0.717, 1.165) is 28.8 Å². The maximum atomic E-state index is 5.54. The smallest absolute Gasteiger partial charge is 0.187 e. The lowest BCUT2D eigenvalue weighted by Crippen LogP contribution is -2.13. The fraction of sp³-hybridized carbons (Fsp3) is 0.600. The van der Waals surface area contributed by atoms with Crippen LogP contribution in [0.15, 0.2) is 11.2 Å². The second-order valence-electron chi connectivity index (χ2n) is 3.59. The second kappa shape index (κ2) is 5.32. The molecule has 0 aliphatic heterocycles. The second-order valence-corrected chi connectivity index (χ2v) is 4.57. The Morgan fingerprint density at radius 3 is 2.43 bits per heavy atom. The number of nitrogens with two attached hydrogens (primary N) is 1. The Balaban J connectivity index is 2.58. The molecule has 0 aliphatic carbocycles. The zero-order chi connectivity index (χ0) is 10.6. The van der Waals surface area contributed by atoms with Crippen LogP contribution in [0.3, 0.4) is 0 Å². The Morgan fingerprint density at radius 2 is 1.93 bits per heavy atom. The standard InChI is InChI=1S/C10H17N3S/c1-7(5-11)6-14-10-12-8(2)4-9(3)13-10/h4,7H,5-6,11H2,1-3H3. The average molecular weight is 211 g/mol. The van der Waals surface area contributed by atoms with Gasteiger partial charge < -0.3 is 5.73 Å². The lowest BCUT2D eigenvalue weighted by Gasteiger charge is -2.07. The van der Waals surface area contributed by atoms with Gasteiger partial charge in [-0.3, -0.25) is 0 Å². The molecule has 0 fully saturated rings. The molecule has 1 aromatic rings. The van der Waals surface area contributed by atoms with Gasteiger partial charge in [0.1, 0.15) is 0 Å². The summed E-state index contributed by atoms with van der Waals surface area (Å²) < 4.78 is 0. The maximum absolute atomic E-state index is 5.54. The minimum Gasteiger partial charge on any atom is -0.330 e. The van der Waals surface area contributed by atoms with E-state index < -0.39 is 0 Å². The summed E-state index contributed by atoms with van der Waals surface area (Å²) in [5.41, 5.74) is 7.60. The summed E-state index contributed by atoms with van der Waals surface area (Å²) >= 11 is 1.68. The predicted octanol–water partition coefficient (Wildman–Crippen LogP) is 1.78. The van der Waals surface area contributed by atoms with Crippen LogP contribution in [-0.4, -0.2) is 22.3 Å². The third-order valence-electron chi connectivity index (χ3n) is 1.86. The van der Waals surface area contributed by atoms with Gasteiger partial charge in [0.2, 0.25) is 0 Å². The first kappa shape index (κ1) is 11.5. The molecule has 4 heteroatoms. The highest BCUT2D eigenvalue weighted by atomic mass is 32.2. The van der Waals surface area contributed by atoms with E-state index in [-0.39, 0.29) is 0 Å². The van der Waals surface area contributed by atoms with Crippen molar-refractivity contribution in [3.8, 4) is 0 Å². The first-order valence-corrected chi connectivity index (χ1v) is 5.75. The molecule has 1 atom stereocenters. The Hall–Kier alpha value is -0.610. The summed E-state index contributed by atoms with van der Waals surface area (Å²) in [4.78, 5) is 8.70. The van der Waals surface area contributed by atoms with Crippen LogP contribution in [0.2, 0.25) is 0 Å². The lowest BCUT2D eigenvalue weighted by molar-refractivity contribution is 0.674. The van der Waals surface area contributed by atoms with E-state index in [0.29, 0.717) is 5.92 Å². The molecule has 78 valence electrons. The SMILES string of the molecule is Cc1cc(C)nc(SCC(C)CN)n1. The first-order valence-electron chi connectivity index (χ1n) is 4.77. The van der Waals surface area contributed by atoms with Crippen LogP contribution in [-0.2, 0) is 0 Å². The van der Waals surface area contributed by atoms with Gasteiger partial charge in [-0.2, -0.15) is 0 Å². The molecule has 0 radical (unpaired) electrons. The third kappa shape index (κ3) is 3.64. The zero-order valence-corrected chi connectivity index (χ0v) is 9.77. The highest BCUT2D eigenvalue weighted by Gasteiger charge is 2.04. The van der Waals surface area contributed by atoms with Crippen LogP contribution in [0.5, 0.6) is 0 Å². The van der Waals surface area contributed by atoms with E-state index in [1.165, 1.54) is 0 Å². The average Bonchev–Trinajstić information content (AvgIpc) is 2.12. The van der Waals surface area contributed by atoms with Crippen molar-refractivity contribution in [1.29, 1.82) is 0 Å². The van der Waals surface area contributed by atoms with E-state index in [1.807, 2.05) is 19.9 Å². The molecule has 14 heavy (non-hydrogen) atoms. The molecule has 0 aromatic carbocycles. The van der Waals surface area contributed by atoms with Crippen molar-refractivity contribution in [2.24, 2.45) is 11.7 Å². The summed E-state index contributed by atoms with van der Waals surface area (Å²) in [6, 6.07) is 1.98. The van der Waals surface area contributed by atoms with E-state index in [2.05, 4.69) is 16.9 Å². The highest BCUT2D eigenvalue weighted by Crippen LogP contribution is 2.16. The van der Waals surface area contributed by atoms with E-state index in [1.54, 1.807) is 11.8 Å². The number of aromatic nitrogens is 2.